The minimum atomic E-state index is -1.51. The highest BCUT2D eigenvalue weighted by Gasteiger charge is 2.32. The molecule has 6 heteroatoms. The second-order valence-corrected chi connectivity index (χ2v) is 4.94. The summed E-state index contributed by atoms with van der Waals surface area (Å²) in [4.78, 5) is 26.8. The Bertz CT molecular complexity index is 622. The Balaban J connectivity index is 1.84. The van der Waals surface area contributed by atoms with E-state index in [0.29, 0.717) is 5.17 Å². The van der Waals surface area contributed by atoms with Crippen LogP contribution >= 0.6 is 11.8 Å². The number of aliphatic imine (C=N–C) groups is 1. The van der Waals surface area contributed by atoms with E-state index < -0.39 is 11.9 Å². The molecule has 0 aromatic heterocycles. The predicted molar refractivity (Wildman–Crippen MR) is 68.0 cm³/mol. The number of hydrogen-bond donors (Lipinski definition) is 2. The summed E-state index contributed by atoms with van der Waals surface area (Å²) >= 11 is 1.30. The van der Waals surface area contributed by atoms with Gasteiger partial charge in [-0.2, -0.15) is 0 Å². The predicted octanol–water partition coefficient (Wildman–Crippen LogP) is 1.39. The van der Waals surface area contributed by atoms with Gasteiger partial charge in [0.2, 0.25) is 0 Å². The van der Waals surface area contributed by atoms with Crippen LogP contribution in [0.2, 0.25) is 0 Å². The molecule has 1 heterocycles. The van der Waals surface area contributed by atoms with Crippen molar-refractivity contribution in [3.63, 3.8) is 0 Å². The van der Waals surface area contributed by atoms with Crippen LogP contribution in [0.3, 0.4) is 0 Å². The number of thioether (sulfide) groups is 1. The van der Waals surface area contributed by atoms with Crippen LogP contribution in [0.15, 0.2) is 34.2 Å². The Morgan fingerprint density at radius 2 is 2.11 bits per heavy atom. The lowest BCUT2D eigenvalue weighted by Crippen LogP contribution is -2.33. The molecule has 0 radical (unpaired) electrons. The highest BCUT2D eigenvalue weighted by atomic mass is 32.2. The molecule has 5 nitrogen and oxygen atoms in total. The first-order valence-corrected chi connectivity index (χ1v) is 6.07. The van der Waals surface area contributed by atoms with E-state index in [9.17, 15) is 9.59 Å². The first kappa shape index (κ1) is 11.0. The van der Waals surface area contributed by atoms with Gasteiger partial charge in [0.1, 0.15) is 6.04 Å². The van der Waals surface area contributed by atoms with Gasteiger partial charge < -0.3 is 5.11 Å². The van der Waals surface area contributed by atoms with Crippen molar-refractivity contribution < 1.29 is 14.7 Å². The highest BCUT2D eigenvalue weighted by molar-refractivity contribution is 8.17. The van der Waals surface area contributed by atoms with Crippen LogP contribution in [0, 0.1) is 0 Å². The number of hydrogen-bond acceptors (Lipinski definition) is 4. The van der Waals surface area contributed by atoms with Crippen molar-refractivity contribution in [1.82, 2.24) is 5.32 Å². The minimum Gasteiger partial charge on any atom is -0.474 e. The summed E-state index contributed by atoms with van der Waals surface area (Å²) in [7, 11) is 0. The fourth-order valence-electron chi connectivity index (χ4n) is 1.96. The van der Waals surface area contributed by atoms with Gasteiger partial charge in [-0.3, -0.25) is 10.1 Å². The van der Waals surface area contributed by atoms with Gasteiger partial charge in [0, 0.05) is 4.91 Å². The van der Waals surface area contributed by atoms with Crippen molar-refractivity contribution in [2.75, 3.05) is 0 Å². The third kappa shape index (κ3) is 1.70. The summed E-state index contributed by atoms with van der Waals surface area (Å²) < 4.78 is 0. The number of amidine groups is 1. The first-order chi connectivity index (χ1) is 8.65. The van der Waals surface area contributed by atoms with Crippen LogP contribution in [-0.4, -0.2) is 22.2 Å². The molecule has 1 amide bonds. The summed E-state index contributed by atoms with van der Waals surface area (Å²) in [5, 5.41) is 11.1. The van der Waals surface area contributed by atoms with E-state index >= 15 is 0 Å². The second kappa shape index (κ2) is 3.99. The molecule has 1 aliphatic heterocycles. The molecule has 3 rings (SSSR count). The topological polar surface area (TPSA) is 78.8 Å². The normalized spacial score (nSPS) is 19.7. The summed E-state index contributed by atoms with van der Waals surface area (Å²) in [5.74, 6) is -2.57. The lowest BCUT2D eigenvalue weighted by atomic mass is 10.1. The number of rotatable bonds is 0. The molecule has 0 fully saturated rings. The first-order valence-electron chi connectivity index (χ1n) is 5.25. The fraction of sp³-hybridized carbons (Fsp3) is 0.0833. The van der Waals surface area contributed by atoms with Crippen LogP contribution in [0.1, 0.15) is 17.2 Å². The number of aliphatic carboxylic acids is 1. The van der Waals surface area contributed by atoms with Gasteiger partial charge in [-0.15, -0.1) is 0 Å². The maximum absolute atomic E-state index is 11.0. The molecule has 1 aromatic rings. The zero-order valence-electron chi connectivity index (χ0n) is 9.08. The Hall–Kier alpha value is -2.08. The summed E-state index contributed by atoms with van der Waals surface area (Å²) in [6.45, 7) is 0. The third-order valence-electron chi connectivity index (χ3n) is 2.73. The molecule has 1 aliphatic carbocycles. The van der Waals surface area contributed by atoms with E-state index in [2.05, 4.69) is 10.3 Å². The van der Waals surface area contributed by atoms with Gasteiger partial charge in [-0.1, -0.05) is 36.0 Å². The maximum Gasteiger partial charge on any atom is 0.394 e. The van der Waals surface area contributed by atoms with Gasteiger partial charge in [-0.25, -0.2) is 9.79 Å². The van der Waals surface area contributed by atoms with E-state index in [1.165, 1.54) is 11.8 Å². The number of nitrogens with zero attached hydrogens (tertiary/aromatic N) is 1. The molecule has 1 unspecified atom stereocenters. The van der Waals surface area contributed by atoms with Gasteiger partial charge in [-0.05, 0) is 17.2 Å². The molecule has 0 spiro atoms. The Morgan fingerprint density at radius 3 is 2.89 bits per heavy atom. The Labute approximate surface area is 107 Å². The van der Waals surface area contributed by atoms with Gasteiger partial charge in [0.25, 0.3) is 0 Å². The molecular formula is C12H8N2O3S. The van der Waals surface area contributed by atoms with E-state index in [1.54, 1.807) is 0 Å². The standard InChI is InChI=1S/C12H8N2O3S/c15-10(11(16)17)14-12-13-9-7-4-2-1-3-6(7)5-8(9)18-12/h1-5,9H,(H,16,17)(H,13,14,15). The number of carbonyl (C=O) groups excluding carboxylic acids is 1. The van der Waals surface area contributed by atoms with Gasteiger partial charge >= 0.3 is 11.9 Å². The van der Waals surface area contributed by atoms with Crippen LogP contribution < -0.4 is 5.32 Å². The number of carbonyl (C=O) groups is 2. The minimum absolute atomic E-state index is 0.102. The molecule has 2 aliphatic rings. The quantitative estimate of drug-likeness (QED) is 0.691. The molecule has 0 saturated heterocycles. The van der Waals surface area contributed by atoms with E-state index in [4.69, 9.17) is 5.11 Å². The average molecular weight is 260 g/mol. The van der Waals surface area contributed by atoms with E-state index in [-0.39, 0.29) is 6.04 Å². The number of carboxylic acid groups (broad SMARTS) is 1. The summed E-state index contributed by atoms with van der Waals surface area (Å²) in [6, 6.07) is 7.78. The van der Waals surface area contributed by atoms with Crippen molar-refractivity contribution in [2.24, 2.45) is 4.99 Å². The van der Waals surface area contributed by atoms with Crippen LogP contribution in [0.4, 0.5) is 0 Å². The Morgan fingerprint density at radius 1 is 1.33 bits per heavy atom. The van der Waals surface area contributed by atoms with Crippen molar-refractivity contribution in [3.8, 4) is 0 Å². The monoisotopic (exact) mass is 260 g/mol. The molecule has 2 N–H and O–H groups in total. The number of carboxylic acids is 1. The zero-order valence-corrected chi connectivity index (χ0v) is 9.90. The highest BCUT2D eigenvalue weighted by Crippen LogP contribution is 2.47. The maximum atomic E-state index is 11.0. The number of fused-ring (bicyclic) bond motifs is 3. The molecule has 90 valence electrons. The molecule has 1 atom stereocenters. The van der Waals surface area contributed by atoms with Crippen molar-refractivity contribution in [1.29, 1.82) is 0 Å². The van der Waals surface area contributed by atoms with Crippen LogP contribution in [-0.2, 0) is 9.59 Å². The average Bonchev–Trinajstić information content (AvgIpc) is 2.85. The number of amides is 1. The van der Waals surface area contributed by atoms with Gasteiger partial charge in [0.15, 0.2) is 5.17 Å². The SMILES string of the molecule is O=C(O)C(=O)NC1=NC2C(=Cc3ccccc32)S1. The van der Waals surface area contributed by atoms with Crippen molar-refractivity contribution >= 4 is 34.9 Å². The summed E-state index contributed by atoms with van der Waals surface area (Å²) in [5.41, 5.74) is 2.21. The smallest absolute Gasteiger partial charge is 0.394 e. The largest absolute Gasteiger partial charge is 0.474 e. The fourth-order valence-corrected chi connectivity index (χ4v) is 2.96. The second-order valence-electron chi connectivity index (χ2n) is 3.87. The number of benzene rings is 1. The lowest BCUT2D eigenvalue weighted by Gasteiger charge is -2.03. The van der Waals surface area contributed by atoms with Crippen LogP contribution in [0.5, 0.6) is 0 Å². The van der Waals surface area contributed by atoms with Crippen molar-refractivity contribution in [3.05, 3.63) is 40.3 Å². The molecule has 1 aromatic carbocycles. The van der Waals surface area contributed by atoms with E-state index in [1.807, 2.05) is 30.3 Å². The van der Waals surface area contributed by atoms with Crippen LogP contribution in [0.25, 0.3) is 6.08 Å². The molecular weight excluding hydrogens is 252 g/mol. The Kier molecular flexibility index (Phi) is 2.45. The number of nitrogens with one attached hydrogen (secondary N) is 1. The molecule has 0 saturated carbocycles. The molecule has 0 bridgehead atoms. The van der Waals surface area contributed by atoms with E-state index in [0.717, 1.165) is 16.0 Å². The third-order valence-corrected chi connectivity index (χ3v) is 3.71. The lowest BCUT2D eigenvalue weighted by molar-refractivity contribution is -0.149. The van der Waals surface area contributed by atoms with Gasteiger partial charge in [0.05, 0.1) is 0 Å². The summed E-state index contributed by atoms with van der Waals surface area (Å²) in [6.07, 6.45) is 2.01. The molecule has 18 heavy (non-hydrogen) atoms. The zero-order chi connectivity index (χ0) is 12.7. The van der Waals surface area contributed by atoms with Crippen molar-refractivity contribution in [2.45, 2.75) is 6.04 Å².